The van der Waals surface area contributed by atoms with Crippen LogP contribution < -0.4 is 10.2 Å². The Kier molecular flexibility index (Phi) is 3.82. The minimum atomic E-state index is -4.53. The first-order valence-corrected chi connectivity index (χ1v) is 7.10. The molecule has 0 aromatic carbocycles. The summed E-state index contributed by atoms with van der Waals surface area (Å²) in [5, 5.41) is 10.6. The van der Waals surface area contributed by atoms with Crippen molar-refractivity contribution in [3.8, 4) is 0 Å². The first kappa shape index (κ1) is 15.5. The molecule has 23 heavy (non-hydrogen) atoms. The summed E-state index contributed by atoms with van der Waals surface area (Å²) >= 11 is 0. The van der Waals surface area contributed by atoms with E-state index in [0.29, 0.717) is 11.9 Å². The van der Waals surface area contributed by atoms with Gasteiger partial charge >= 0.3 is 6.18 Å². The molecule has 7 nitrogen and oxygen atoms in total. The maximum Gasteiger partial charge on any atom is 0.433 e. The highest BCUT2D eigenvalue weighted by molar-refractivity contribution is 5.44. The zero-order chi connectivity index (χ0) is 16.6. The van der Waals surface area contributed by atoms with Gasteiger partial charge in [0.15, 0.2) is 11.5 Å². The highest BCUT2D eigenvalue weighted by Gasteiger charge is 2.34. The van der Waals surface area contributed by atoms with Crippen LogP contribution in [0.5, 0.6) is 0 Å². The van der Waals surface area contributed by atoms with Gasteiger partial charge in [0.25, 0.3) is 0 Å². The van der Waals surface area contributed by atoms with Gasteiger partial charge in [-0.15, -0.1) is 10.2 Å². The third kappa shape index (κ3) is 3.51. The number of nitrogens with one attached hydrogen (secondary N) is 1. The lowest BCUT2D eigenvalue weighted by Gasteiger charge is -2.16. The summed E-state index contributed by atoms with van der Waals surface area (Å²) < 4.78 is 40.7. The molecule has 2 aromatic rings. The van der Waals surface area contributed by atoms with Crippen molar-refractivity contribution in [3.05, 3.63) is 23.9 Å². The van der Waals surface area contributed by atoms with Crippen LogP contribution in [0, 0.1) is 0 Å². The SMILES string of the molecule is CN(C)c1cc(C(F)(F)F)nc(NCc2nncn2C2CC2)n1. The molecule has 0 spiro atoms. The van der Waals surface area contributed by atoms with E-state index in [-0.39, 0.29) is 18.3 Å². The molecule has 1 aliphatic rings. The van der Waals surface area contributed by atoms with Gasteiger partial charge in [-0.1, -0.05) is 0 Å². The Balaban J connectivity index is 1.81. The van der Waals surface area contributed by atoms with E-state index < -0.39 is 11.9 Å². The fourth-order valence-electron chi connectivity index (χ4n) is 2.10. The second-order valence-corrected chi connectivity index (χ2v) is 5.57. The second kappa shape index (κ2) is 5.67. The van der Waals surface area contributed by atoms with Crippen LogP contribution in [0.1, 0.15) is 30.4 Å². The van der Waals surface area contributed by atoms with Crippen LogP contribution in [0.25, 0.3) is 0 Å². The van der Waals surface area contributed by atoms with Crippen LogP contribution in [-0.4, -0.2) is 38.8 Å². The lowest BCUT2D eigenvalue weighted by molar-refractivity contribution is -0.141. The quantitative estimate of drug-likeness (QED) is 0.907. The van der Waals surface area contributed by atoms with E-state index >= 15 is 0 Å². The van der Waals surface area contributed by atoms with Crippen molar-refractivity contribution in [2.45, 2.75) is 31.6 Å². The summed E-state index contributed by atoms with van der Waals surface area (Å²) in [6.45, 7) is 0.213. The van der Waals surface area contributed by atoms with Crippen molar-refractivity contribution < 1.29 is 13.2 Å². The fraction of sp³-hybridized carbons (Fsp3) is 0.538. The fourth-order valence-corrected chi connectivity index (χ4v) is 2.10. The van der Waals surface area contributed by atoms with E-state index in [0.717, 1.165) is 18.9 Å². The van der Waals surface area contributed by atoms with Crippen LogP contribution in [0.2, 0.25) is 0 Å². The van der Waals surface area contributed by atoms with E-state index in [1.54, 1.807) is 20.4 Å². The molecule has 2 aromatic heterocycles. The second-order valence-electron chi connectivity index (χ2n) is 5.57. The Morgan fingerprint density at radius 2 is 2.04 bits per heavy atom. The van der Waals surface area contributed by atoms with Gasteiger partial charge in [-0.2, -0.15) is 18.2 Å². The molecule has 1 saturated carbocycles. The van der Waals surface area contributed by atoms with E-state index in [1.165, 1.54) is 4.90 Å². The summed E-state index contributed by atoms with van der Waals surface area (Å²) in [5.41, 5.74) is -0.984. The molecule has 0 unspecified atom stereocenters. The number of aromatic nitrogens is 5. The maximum atomic E-state index is 12.9. The lowest BCUT2D eigenvalue weighted by Crippen LogP contribution is -2.18. The third-order valence-electron chi connectivity index (χ3n) is 3.45. The molecule has 0 saturated heterocycles. The highest BCUT2D eigenvalue weighted by Crippen LogP contribution is 2.35. The zero-order valence-electron chi connectivity index (χ0n) is 12.7. The predicted octanol–water partition coefficient (Wildman–Crippen LogP) is 2.10. The van der Waals surface area contributed by atoms with Crippen molar-refractivity contribution in [1.82, 2.24) is 24.7 Å². The van der Waals surface area contributed by atoms with Crippen molar-refractivity contribution in [2.24, 2.45) is 0 Å². The summed E-state index contributed by atoms with van der Waals surface area (Å²) in [5.74, 6) is 0.743. The average molecular weight is 327 g/mol. The van der Waals surface area contributed by atoms with Crippen molar-refractivity contribution >= 4 is 11.8 Å². The van der Waals surface area contributed by atoms with Gasteiger partial charge < -0.3 is 14.8 Å². The Labute approximate surface area is 130 Å². The zero-order valence-corrected chi connectivity index (χ0v) is 12.7. The normalized spacial score (nSPS) is 14.8. The van der Waals surface area contributed by atoms with Gasteiger partial charge in [0.2, 0.25) is 5.95 Å². The van der Waals surface area contributed by atoms with E-state index in [1.807, 2.05) is 4.57 Å². The van der Waals surface area contributed by atoms with Gasteiger partial charge in [-0.3, -0.25) is 0 Å². The Morgan fingerprint density at radius 1 is 1.30 bits per heavy atom. The number of rotatable bonds is 5. The molecule has 1 N–H and O–H groups in total. The van der Waals surface area contributed by atoms with Gasteiger partial charge in [-0.05, 0) is 12.8 Å². The first-order chi connectivity index (χ1) is 10.8. The van der Waals surface area contributed by atoms with Crippen LogP contribution in [-0.2, 0) is 12.7 Å². The molecule has 0 radical (unpaired) electrons. The summed E-state index contributed by atoms with van der Waals surface area (Å²) in [7, 11) is 3.24. The summed E-state index contributed by atoms with van der Waals surface area (Å²) in [6, 6.07) is 1.30. The minimum Gasteiger partial charge on any atom is -0.363 e. The number of hydrogen-bond donors (Lipinski definition) is 1. The van der Waals surface area contributed by atoms with Gasteiger partial charge in [0.1, 0.15) is 12.1 Å². The van der Waals surface area contributed by atoms with Crippen LogP contribution >= 0.6 is 0 Å². The molecule has 1 fully saturated rings. The Morgan fingerprint density at radius 3 is 2.65 bits per heavy atom. The van der Waals surface area contributed by atoms with Crippen LogP contribution in [0.3, 0.4) is 0 Å². The summed E-state index contributed by atoms with van der Waals surface area (Å²) in [4.78, 5) is 9.12. The molecule has 0 atom stereocenters. The molecule has 124 valence electrons. The predicted molar refractivity (Wildman–Crippen MR) is 77.0 cm³/mol. The Hall–Kier alpha value is -2.39. The highest BCUT2D eigenvalue weighted by atomic mass is 19.4. The molecule has 10 heteroatoms. The lowest BCUT2D eigenvalue weighted by atomic mass is 10.3. The molecule has 2 heterocycles. The van der Waals surface area contributed by atoms with E-state index in [2.05, 4.69) is 25.5 Å². The van der Waals surface area contributed by atoms with Crippen molar-refractivity contribution in [3.63, 3.8) is 0 Å². The number of nitrogens with zero attached hydrogens (tertiary/aromatic N) is 6. The number of alkyl halides is 3. The van der Waals surface area contributed by atoms with Crippen LogP contribution in [0.4, 0.5) is 24.9 Å². The van der Waals surface area contributed by atoms with Crippen LogP contribution in [0.15, 0.2) is 12.4 Å². The molecular formula is C13H16F3N7. The standard InChI is InChI=1S/C13H16F3N7/c1-22(2)10-5-9(13(14,15)16)19-12(20-10)17-6-11-21-18-7-23(11)8-3-4-8/h5,7-8H,3-4,6H2,1-2H3,(H,17,19,20). The number of halogens is 3. The van der Waals surface area contributed by atoms with Crippen molar-refractivity contribution in [1.29, 1.82) is 0 Å². The average Bonchev–Trinajstić information content (AvgIpc) is 3.22. The largest absolute Gasteiger partial charge is 0.433 e. The third-order valence-corrected chi connectivity index (χ3v) is 3.45. The maximum absolute atomic E-state index is 12.9. The topological polar surface area (TPSA) is 71.8 Å². The molecule has 0 bridgehead atoms. The molecule has 1 aliphatic carbocycles. The Bertz CT molecular complexity index is 691. The number of anilines is 2. The summed E-state index contributed by atoms with van der Waals surface area (Å²) in [6.07, 6.45) is -0.767. The first-order valence-electron chi connectivity index (χ1n) is 7.10. The van der Waals surface area contributed by atoms with Crippen molar-refractivity contribution in [2.75, 3.05) is 24.3 Å². The molecule has 3 rings (SSSR count). The molecule has 0 aliphatic heterocycles. The molecular weight excluding hydrogens is 311 g/mol. The van der Waals surface area contributed by atoms with E-state index in [9.17, 15) is 13.2 Å². The minimum absolute atomic E-state index is 0.0890. The van der Waals surface area contributed by atoms with E-state index in [4.69, 9.17) is 0 Å². The molecule has 0 amide bonds. The number of hydrogen-bond acceptors (Lipinski definition) is 6. The monoisotopic (exact) mass is 327 g/mol. The smallest absolute Gasteiger partial charge is 0.363 e. The van der Waals surface area contributed by atoms with Gasteiger partial charge in [-0.25, -0.2) is 4.98 Å². The van der Waals surface area contributed by atoms with Gasteiger partial charge in [0.05, 0.1) is 6.54 Å². The van der Waals surface area contributed by atoms with Gasteiger partial charge in [0, 0.05) is 26.2 Å².